The number of para-hydroxylation sites is 1. The van der Waals surface area contributed by atoms with E-state index < -0.39 is 0 Å². The molecule has 2 aromatic carbocycles. The molecule has 0 saturated carbocycles. The summed E-state index contributed by atoms with van der Waals surface area (Å²) in [6, 6.07) is 20.6. The van der Waals surface area contributed by atoms with Crippen LogP contribution in [0, 0.1) is 11.3 Å². The third kappa shape index (κ3) is 3.98. The number of benzene rings is 2. The molecule has 0 spiro atoms. The maximum Gasteiger partial charge on any atom is 0.222 e. The number of aromatic nitrogens is 2. The zero-order chi connectivity index (χ0) is 20.2. The number of hydrogen-bond donors (Lipinski definition) is 2. The number of rotatable bonds is 4. The molecule has 0 unspecified atom stereocenters. The lowest BCUT2D eigenvalue weighted by Gasteiger charge is -2.37. The third-order valence-electron chi connectivity index (χ3n) is 5.19. The molecule has 1 saturated heterocycles. The monoisotopic (exact) mass is 385 g/mol. The van der Waals surface area contributed by atoms with Crippen molar-refractivity contribution in [3.63, 3.8) is 0 Å². The summed E-state index contributed by atoms with van der Waals surface area (Å²) in [5.41, 5.74) is 15.7. The van der Waals surface area contributed by atoms with E-state index in [-0.39, 0.29) is 17.3 Å². The van der Waals surface area contributed by atoms with E-state index in [4.69, 9.17) is 11.5 Å². The Balaban J connectivity index is 1.57. The molecule has 3 aromatic rings. The van der Waals surface area contributed by atoms with Crippen LogP contribution in [-0.2, 0) is 6.54 Å². The molecule has 1 aliphatic rings. The second kappa shape index (κ2) is 8.17. The van der Waals surface area contributed by atoms with E-state index in [1.54, 1.807) is 0 Å². The van der Waals surface area contributed by atoms with Crippen LogP contribution in [0.3, 0.4) is 0 Å². The summed E-state index contributed by atoms with van der Waals surface area (Å²) in [7, 11) is 0. The highest BCUT2D eigenvalue weighted by Crippen LogP contribution is 2.34. The molecule has 1 aromatic heterocycles. The van der Waals surface area contributed by atoms with Gasteiger partial charge in [-0.15, -0.1) is 0 Å². The minimum Gasteiger partial charge on any atom is -0.382 e. The van der Waals surface area contributed by atoms with Crippen molar-refractivity contribution in [2.24, 2.45) is 0 Å². The number of anilines is 3. The van der Waals surface area contributed by atoms with Crippen molar-refractivity contribution in [1.82, 2.24) is 14.9 Å². The molecule has 7 nitrogen and oxygen atoms in total. The lowest BCUT2D eigenvalue weighted by atomic mass is 10.0. The largest absolute Gasteiger partial charge is 0.382 e. The summed E-state index contributed by atoms with van der Waals surface area (Å²) in [6.45, 7) is 4.65. The van der Waals surface area contributed by atoms with Crippen molar-refractivity contribution >= 4 is 17.5 Å². The molecule has 4 N–H and O–H groups in total. The number of nitrogen functional groups attached to an aromatic ring is 2. The van der Waals surface area contributed by atoms with Crippen LogP contribution in [0.1, 0.15) is 11.1 Å². The van der Waals surface area contributed by atoms with Crippen LogP contribution in [0.4, 0.5) is 17.5 Å². The zero-order valence-corrected chi connectivity index (χ0v) is 16.1. The Kier molecular flexibility index (Phi) is 5.27. The molecule has 2 heterocycles. The summed E-state index contributed by atoms with van der Waals surface area (Å²) in [4.78, 5) is 13.0. The van der Waals surface area contributed by atoms with E-state index >= 15 is 0 Å². The van der Waals surface area contributed by atoms with Gasteiger partial charge < -0.3 is 16.4 Å². The van der Waals surface area contributed by atoms with Gasteiger partial charge in [0, 0.05) is 44.0 Å². The van der Waals surface area contributed by atoms with Gasteiger partial charge in [-0.2, -0.15) is 10.2 Å². The van der Waals surface area contributed by atoms with Gasteiger partial charge in [0.05, 0.1) is 5.69 Å². The Hall–Kier alpha value is -3.63. The van der Waals surface area contributed by atoms with Gasteiger partial charge >= 0.3 is 0 Å². The van der Waals surface area contributed by atoms with Gasteiger partial charge in [0.15, 0.2) is 0 Å². The highest BCUT2D eigenvalue weighted by molar-refractivity contribution is 5.82. The van der Waals surface area contributed by atoms with Crippen LogP contribution in [0.5, 0.6) is 0 Å². The Morgan fingerprint density at radius 2 is 1.59 bits per heavy atom. The summed E-state index contributed by atoms with van der Waals surface area (Å²) >= 11 is 0. The first-order chi connectivity index (χ1) is 14.2. The molecule has 0 amide bonds. The third-order valence-corrected chi connectivity index (χ3v) is 5.19. The number of nitriles is 1. The number of hydrogen-bond acceptors (Lipinski definition) is 7. The quantitative estimate of drug-likeness (QED) is 0.710. The average molecular weight is 385 g/mol. The SMILES string of the molecule is N#Cc1c(N)nc(N)nc1-c1ccccc1N1CCN(Cc2ccccc2)CC1. The van der Waals surface area contributed by atoms with E-state index in [1.807, 2.05) is 24.3 Å². The summed E-state index contributed by atoms with van der Waals surface area (Å²) < 4.78 is 0. The second-order valence-corrected chi connectivity index (χ2v) is 7.07. The number of nitrogens with two attached hydrogens (primary N) is 2. The minimum atomic E-state index is 0.0685. The van der Waals surface area contributed by atoms with Crippen molar-refractivity contribution in [3.05, 3.63) is 65.7 Å². The van der Waals surface area contributed by atoms with Crippen LogP contribution in [0.25, 0.3) is 11.3 Å². The molecule has 0 atom stereocenters. The summed E-state index contributed by atoms with van der Waals surface area (Å²) in [6.07, 6.45) is 0. The van der Waals surface area contributed by atoms with Crippen LogP contribution in [-0.4, -0.2) is 41.0 Å². The van der Waals surface area contributed by atoms with Gasteiger partial charge in [-0.1, -0.05) is 48.5 Å². The maximum absolute atomic E-state index is 9.56. The lowest BCUT2D eigenvalue weighted by molar-refractivity contribution is 0.250. The van der Waals surface area contributed by atoms with Gasteiger partial charge in [-0.3, -0.25) is 4.90 Å². The highest BCUT2D eigenvalue weighted by Gasteiger charge is 2.22. The van der Waals surface area contributed by atoms with Crippen molar-refractivity contribution in [3.8, 4) is 17.3 Å². The Bertz CT molecular complexity index is 1030. The smallest absolute Gasteiger partial charge is 0.222 e. The molecule has 0 radical (unpaired) electrons. The summed E-state index contributed by atoms with van der Waals surface area (Å²) in [5, 5.41) is 9.56. The predicted molar refractivity (Wildman–Crippen MR) is 115 cm³/mol. The minimum absolute atomic E-state index is 0.0685. The van der Waals surface area contributed by atoms with Crippen molar-refractivity contribution in [1.29, 1.82) is 5.26 Å². The lowest BCUT2D eigenvalue weighted by Crippen LogP contribution is -2.46. The molecule has 0 aliphatic carbocycles. The van der Waals surface area contributed by atoms with Crippen LogP contribution in [0.15, 0.2) is 54.6 Å². The molecule has 146 valence electrons. The van der Waals surface area contributed by atoms with Gasteiger partial charge in [-0.25, -0.2) is 4.98 Å². The molecule has 1 aliphatic heterocycles. The highest BCUT2D eigenvalue weighted by atomic mass is 15.3. The topological polar surface area (TPSA) is 108 Å². The van der Waals surface area contributed by atoms with Crippen molar-refractivity contribution in [2.45, 2.75) is 6.54 Å². The van der Waals surface area contributed by atoms with E-state index in [0.717, 1.165) is 44.0 Å². The standard InChI is InChI=1S/C22H23N7/c23-14-18-20(26-22(25)27-21(18)24)17-8-4-5-9-19(17)29-12-10-28(11-13-29)15-16-6-2-1-3-7-16/h1-9H,10-13,15H2,(H4,24,25,26,27). The number of piperazine rings is 1. The van der Waals surface area contributed by atoms with Crippen LogP contribution < -0.4 is 16.4 Å². The molecule has 1 fully saturated rings. The fraction of sp³-hybridized carbons (Fsp3) is 0.227. The Morgan fingerprint density at radius 3 is 2.31 bits per heavy atom. The normalized spacial score (nSPS) is 14.5. The van der Waals surface area contributed by atoms with E-state index in [9.17, 15) is 5.26 Å². The van der Waals surface area contributed by atoms with Gasteiger partial charge in [-0.05, 0) is 11.6 Å². The zero-order valence-electron chi connectivity index (χ0n) is 16.1. The first-order valence-corrected chi connectivity index (χ1v) is 9.59. The molecular formula is C22H23N7. The maximum atomic E-state index is 9.56. The second-order valence-electron chi connectivity index (χ2n) is 7.07. The predicted octanol–water partition coefficient (Wildman–Crippen LogP) is 2.50. The van der Waals surface area contributed by atoms with Gasteiger partial charge in [0.25, 0.3) is 0 Å². The first kappa shape index (κ1) is 18.7. The van der Waals surface area contributed by atoms with E-state index in [0.29, 0.717) is 5.69 Å². The fourth-order valence-corrected chi connectivity index (χ4v) is 3.74. The first-order valence-electron chi connectivity index (χ1n) is 9.59. The average Bonchev–Trinajstić information content (AvgIpc) is 2.75. The van der Waals surface area contributed by atoms with E-state index in [1.165, 1.54) is 5.56 Å². The molecule has 0 bridgehead atoms. The van der Waals surface area contributed by atoms with Crippen molar-refractivity contribution < 1.29 is 0 Å². The Labute approximate surface area is 170 Å². The van der Waals surface area contributed by atoms with Crippen LogP contribution in [0.2, 0.25) is 0 Å². The molecule has 29 heavy (non-hydrogen) atoms. The fourth-order valence-electron chi connectivity index (χ4n) is 3.74. The molecule has 4 rings (SSSR count). The van der Waals surface area contributed by atoms with Gasteiger partial charge in [0.2, 0.25) is 5.95 Å². The van der Waals surface area contributed by atoms with E-state index in [2.05, 4.69) is 56.2 Å². The van der Waals surface area contributed by atoms with Crippen LogP contribution >= 0.6 is 0 Å². The Morgan fingerprint density at radius 1 is 0.897 bits per heavy atom. The number of nitrogens with zero attached hydrogens (tertiary/aromatic N) is 5. The van der Waals surface area contributed by atoms with Gasteiger partial charge in [0.1, 0.15) is 17.5 Å². The molecule has 7 heteroatoms. The van der Waals surface area contributed by atoms with Crippen molar-refractivity contribution in [2.75, 3.05) is 42.5 Å². The summed E-state index contributed by atoms with van der Waals surface area (Å²) in [5.74, 6) is 0.177. The molecular weight excluding hydrogens is 362 g/mol.